The third-order valence-corrected chi connectivity index (χ3v) is 5.30. The quantitative estimate of drug-likeness (QED) is 0.890. The van der Waals surface area contributed by atoms with Crippen LogP contribution in [0.4, 0.5) is 0 Å². The lowest BCUT2D eigenvalue weighted by molar-refractivity contribution is -0.125. The maximum Gasteiger partial charge on any atom is 0.223 e. The molecule has 3 N–H and O–H groups in total. The van der Waals surface area contributed by atoms with E-state index in [1.807, 2.05) is 24.3 Å². The summed E-state index contributed by atoms with van der Waals surface area (Å²) in [5.74, 6) is 2.01. The molecule has 24 heavy (non-hydrogen) atoms. The van der Waals surface area contributed by atoms with E-state index in [1.54, 1.807) is 12.4 Å². The number of nitrogens with zero attached hydrogens (tertiary/aromatic N) is 3. The predicted molar refractivity (Wildman–Crippen MR) is 89.4 cm³/mol. The topological polar surface area (TPSA) is 93.8 Å². The summed E-state index contributed by atoms with van der Waals surface area (Å²) in [4.78, 5) is 25.4. The van der Waals surface area contributed by atoms with Crippen molar-refractivity contribution in [3.8, 4) is 11.5 Å². The molecule has 0 radical (unpaired) electrons. The Morgan fingerprint density at radius 3 is 2.83 bits per heavy atom. The van der Waals surface area contributed by atoms with Crippen LogP contribution in [0.2, 0.25) is 0 Å². The van der Waals surface area contributed by atoms with Gasteiger partial charge in [0.25, 0.3) is 0 Å². The van der Waals surface area contributed by atoms with Gasteiger partial charge in [0.05, 0.1) is 12.2 Å². The van der Waals surface area contributed by atoms with Crippen molar-refractivity contribution in [3.05, 3.63) is 42.4 Å². The van der Waals surface area contributed by atoms with Gasteiger partial charge in [-0.05, 0) is 49.3 Å². The first-order valence-corrected chi connectivity index (χ1v) is 8.47. The van der Waals surface area contributed by atoms with Crippen molar-refractivity contribution in [1.82, 2.24) is 20.3 Å². The minimum Gasteiger partial charge on any atom is -0.350 e. The first-order chi connectivity index (χ1) is 11.7. The lowest BCUT2D eigenvalue weighted by Gasteiger charge is -2.37. The minimum atomic E-state index is 0.102. The van der Waals surface area contributed by atoms with Crippen LogP contribution in [0.15, 0.2) is 36.7 Å². The van der Waals surface area contributed by atoms with Gasteiger partial charge in [0, 0.05) is 24.4 Å². The van der Waals surface area contributed by atoms with Gasteiger partial charge < -0.3 is 11.1 Å². The number of carbonyl (C=O) groups excluding carboxylic acids is 1. The number of aromatic nitrogens is 3. The zero-order valence-electron chi connectivity index (χ0n) is 13.4. The molecular formula is C18H21N5O. The summed E-state index contributed by atoms with van der Waals surface area (Å²) in [6, 6.07) is 7.75. The van der Waals surface area contributed by atoms with Crippen molar-refractivity contribution >= 4 is 5.91 Å². The molecule has 0 aromatic carbocycles. The van der Waals surface area contributed by atoms with Crippen molar-refractivity contribution in [3.63, 3.8) is 0 Å². The van der Waals surface area contributed by atoms with Crippen molar-refractivity contribution < 1.29 is 4.79 Å². The third-order valence-electron chi connectivity index (χ3n) is 5.30. The van der Waals surface area contributed by atoms with Gasteiger partial charge >= 0.3 is 0 Å². The first-order valence-electron chi connectivity index (χ1n) is 8.47. The van der Waals surface area contributed by atoms with Crippen LogP contribution in [0, 0.1) is 17.8 Å². The summed E-state index contributed by atoms with van der Waals surface area (Å²) in [5, 5.41) is 3.01. The standard InChI is InChI=1S/C18H21N5O/c19-15-9-11-7-12(8-14(11)15)18(24)22-10-13-4-6-21-17(23-13)16-3-1-2-5-20-16/h1-6,11-12,14-15H,7-10,19H2,(H,22,24)/t11-,12?,14-,15+/m0/s1. The molecule has 6 heteroatoms. The summed E-state index contributed by atoms with van der Waals surface area (Å²) in [6.07, 6.45) is 6.40. The summed E-state index contributed by atoms with van der Waals surface area (Å²) < 4.78 is 0. The highest BCUT2D eigenvalue weighted by molar-refractivity contribution is 5.79. The van der Waals surface area contributed by atoms with Crippen molar-refractivity contribution in [1.29, 1.82) is 0 Å². The largest absolute Gasteiger partial charge is 0.350 e. The smallest absolute Gasteiger partial charge is 0.223 e. The van der Waals surface area contributed by atoms with E-state index in [1.165, 1.54) is 0 Å². The summed E-state index contributed by atoms with van der Waals surface area (Å²) in [7, 11) is 0. The van der Waals surface area contributed by atoms with Gasteiger partial charge in [-0.15, -0.1) is 0 Å². The maximum atomic E-state index is 12.4. The molecule has 4 atom stereocenters. The number of fused-ring (bicyclic) bond motifs is 1. The molecule has 1 unspecified atom stereocenters. The highest BCUT2D eigenvalue weighted by Crippen LogP contribution is 2.48. The van der Waals surface area contributed by atoms with E-state index in [4.69, 9.17) is 5.73 Å². The number of nitrogens with one attached hydrogen (secondary N) is 1. The number of hydrogen-bond acceptors (Lipinski definition) is 5. The Morgan fingerprint density at radius 1 is 1.17 bits per heavy atom. The van der Waals surface area contributed by atoms with E-state index in [9.17, 15) is 4.79 Å². The fourth-order valence-corrected chi connectivity index (χ4v) is 3.93. The van der Waals surface area contributed by atoms with E-state index in [-0.39, 0.29) is 11.8 Å². The molecule has 0 spiro atoms. The molecule has 0 aliphatic heterocycles. The summed E-state index contributed by atoms with van der Waals surface area (Å²) in [5.41, 5.74) is 7.53. The Labute approximate surface area is 140 Å². The van der Waals surface area contributed by atoms with Gasteiger partial charge in [-0.25, -0.2) is 9.97 Å². The zero-order valence-corrected chi connectivity index (χ0v) is 13.4. The number of amides is 1. The van der Waals surface area contributed by atoms with Crippen LogP contribution >= 0.6 is 0 Å². The van der Waals surface area contributed by atoms with Gasteiger partial charge in [-0.3, -0.25) is 9.78 Å². The molecule has 1 amide bonds. The van der Waals surface area contributed by atoms with E-state index in [0.717, 1.165) is 30.7 Å². The van der Waals surface area contributed by atoms with E-state index in [2.05, 4.69) is 20.3 Å². The second-order valence-electron chi connectivity index (χ2n) is 6.80. The van der Waals surface area contributed by atoms with Crippen LogP contribution in [-0.4, -0.2) is 26.9 Å². The van der Waals surface area contributed by atoms with Crippen molar-refractivity contribution in [2.75, 3.05) is 0 Å². The van der Waals surface area contributed by atoms with Crippen LogP contribution in [0.1, 0.15) is 25.0 Å². The van der Waals surface area contributed by atoms with Gasteiger partial charge in [-0.2, -0.15) is 0 Å². The molecule has 6 nitrogen and oxygen atoms in total. The minimum absolute atomic E-state index is 0.102. The number of carbonyl (C=O) groups is 1. The molecule has 2 aromatic heterocycles. The lowest BCUT2D eigenvalue weighted by Crippen LogP contribution is -2.44. The average Bonchev–Trinajstić information content (AvgIpc) is 2.98. The van der Waals surface area contributed by atoms with Crippen LogP contribution < -0.4 is 11.1 Å². The Bertz CT molecular complexity index is 735. The Balaban J connectivity index is 1.37. The highest BCUT2D eigenvalue weighted by atomic mass is 16.1. The number of pyridine rings is 1. The normalized spacial score (nSPS) is 28.0. The number of rotatable bonds is 4. The van der Waals surface area contributed by atoms with Gasteiger partial charge in [0.15, 0.2) is 5.82 Å². The zero-order chi connectivity index (χ0) is 16.5. The molecule has 4 rings (SSSR count). The fourth-order valence-electron chi connectivity index (χ4n) is 3.93. The first kappa shape index (κ1) is 15.2. The monoisotopic (exact) mass is 323 g/mol. The van der Waals surface area contributed by atoms with Crippen LogP contribution in [0.5, 0.6) is 0 Å². The summed E-state index contributed by atoms with van der Waals surface area (Å²) >= 11 is 0. The molecule has 2 saturated carbocycles. The van der Waals surface area contributed by atoms with E-state index >= 15 is 0 Å². The predicted octanol–water partition coefficient (Wildman–Crippen LogP) is 1.53. The fraction of sp³-hybridized carbons (Fsp3) is 0.444. The molecule has 124 valence electrons. The third kappa shape index (κ3) is 2.89. The molecule has 2 aliphatic rings. The van der Waals surface area contributed by atoms with Crippen molar-refractivity contribution in [2.24, 2.45) is 23.5 Å². The molecule has 0 bridgehead atoms. The van der Waals surface area contributed by atoms with E-state index < -0.39 is 0 Å². The van der Waals surface area contributed by atoms with E-state index in [0.29, 0.717) is 30.2 Å². The Morgan fingerprint density at radius 2 is 2.08 bits per heavy atom. The molecule has 0 saturated heterocycles. The SMILES string of the molecule is N[C@@H]1C[C@@H]2CC(C(=O)NCc3ccnc(-c4ccccn4)n3)C[C@@H]21. The van der Waals surface area contributed by atoms with Crippen LogP contribution in [0.3, 0.4) is 0 Å². The number of hydrogen-bond donors (Lipinski definition) is 2. The molecule has 2 heterocycles. The number of nitrogens with two attached hydrogens (primary N) is 1. The molecule has 2 fully saturated rings. The Hall–Kier alpha value is -2.34. The average molecular weight is 323 g/mol. The second kappa shape index (κ2) is 6.28. The second-order valence-corrected chi connectivity index (χ2v) is 6.80. The Kier molecular flexibility index (Phi) is 3.98. The maximum absolute atomic E-state index is 12.4. The highest BCUT2D eigenvalue weighted by Gasteiger charge is 2.47. The van der Waals surface area contributed by atoms with Gasteiger partial charge in [0.2, 0.25) is 5.91 Å². The molecular weight excluding hydrogens is 302 g/mol. The van der Waals surface area contributed by atoms with Gasteiger partial charge in [0.1, 0.15) is 5.69 Å². The molecule has 2 aliphatic carbocycles. The summed E-state index contributed by atoms with van der Waals surface area (Å²) in [6.45, 7) is 0.416. The van der Waals surface area contributed by atoms with Gasteiger partial charge in [-0.1, -0.05) is 6.07 Å². The van der Waals surface area contributed by atoms with Crippen LogP contribution in [0.25, 0.3) is 11.5 Å². The lowest BCUT2D eigenvalue weighted by atomic mass is 9.72. The van der Waals surface area contributed by atoms with Crippen LogP contribution in [-0.2, 0) is 11.3 Å². The molecule has 2 aromatic rings. The van der Waals surface area contributed by atoms with Crippen molar-refractivity contribution in [2.45, 2.75) is 31.8 Å².